The van der Waals surface area contributed by atoms with Crippen molar-refractivity contribution < 1.29 is 9.59 Å². The van der Waals surface area contributed by atoms with Crippen LogP contribution in [0.1, 0.15) is 55.1 Å². The minimum absolute atomic E-state index is 0.0571. The lowest BCUT2D eigenvalue weighted by Gasteiger charge is -2.36. The Bertz CT molecular complexity index is 1180. The number of anilines is 1. The van der Waals surface area contributed by atoms with E-state index in [1.165, 1.54) is 5.56 Å². The molecule has 0 saturated heterocycles. The number of aromatic nitrogens is 4. The first-order chi connectivity index (χ1) is 17.0. The van der Waals surface area contributed by atoms with E-state index in [2.05, 4.69) is 54.1 Å². The molecule has 9 nitrogen and oxygen atoms in total. The molecule has 0 bridgehead atoms. The Balaban J connectivity index is 1.42. The third-order valence-electron chi connectivity index (χ3n) is 6.95. The number of aryl methyl sites for hydroxylation is 1. The predicted molar refractivity (Wildman–Crippen MR) is 131 cm³/mol. The zero-order chi connectivity index (χ0) is 24.4. The van der Waals surface area contributed by atoms with E-state index < -0.39 is 6.04 Å². The maximum atomic E-state index is 13.6. The maximum absolute atomic E-state index is 13.6. The van der Waals surface area contributed by atoms with E-state index >= 15 is 0 Å². The number of carbonyl (C=O) groups is 2. The number of para-hydroxylation sites is 1. The minimum atomic E-state index is -0.409. The molecular weight excluding hydrogens is 442 g/mol. The van der Waals surface area contributed by atoms with Gasteiger partial charge < -0.3 is 15.5 Å². The molecule has 4 heterocycles. The Hall–Kier alpha value is -3.75. The van der Waals surface area contributed by atoms with Crippen molar-refractivity contribution >= 4 is 17.5 Å². The topological polar surface area (TPSA) is 116 Å². The van der Waals surface area contributed by atoms with E-state index in [9.17, 15) is 9.59 Å². The molecule has 0 saturated carbocycles. The molecule has 3 atom stereocenters. The number of aromatic amines is 1. The Morgan fingerprint density at radius 3 is 2.77 bits per heavy atom. The van der Waals surface area contributed by atoms with Gasteiger partial charge in [0.2, 0.25) is 11.8 Å². The number of hydrogen-bond acceptors (Lipinski definition) is 6. The summed E-state index contributed by atoms with van der Waals surface area (Å²) in [5.41, 5.74) is 4.91. The van der Waals surface area contributed by atoms with Crippen molar-refractivity contribution in [3.05, 3.63) is 71.3 Å². The fourth-order valence-electron chi connectivity index (χ4n) is 5.36. The van der Waals surface area contributed by atoms with E-state index in [4.69, 9.17) is 0 Å². The highest BCUT2D eigenvalue weighted by atomic mass is 16.2. The summed E-state index contributed by atoms with van der Waals surface area (Å²) in [6.07, 6.45) is 6.27. The average Bonchev–Trinajstić information content (AvgIpc) is 3.46. The van der Waals surface area contributed by atoms with Gasteiger partial charge in [-0.1, -0.05) is 38.1 Å². The molecule has 5 rings (SSSR count). The second kappa shape index (κ2) is 9.85. The van der Waals surface area contributed by atoms with Crippen molar-refractivity contribution in [1.29, 1.82) is 0 Å². The second-order valence-electron chi connectivity index (χ2n) is 9.62. The average molecular weight is 474 g/mol. The molecular formula is C26H31N7O2. The van der Waals surface area contributed by atoms with Gasteiger partial charge in [-0.2, -0.15) is 15.4 Å². The smallest absolute Gasteiger partial charge is 0.243 e. The molecule has 2 aliphatic rings. The van der Waals surface area contributed by atoms with Crippen LogP contribution in [0.4, 0.5) is 5.69 Å². The van der Waals surface area contributed by atoms with E-state index in [1.807, 2.05) is 32.0 Å². The third-order valence-corrected chi connectivity index (χ3v) is 6.95. The Labute approximate surface area is 204 Å². The van der Waals surface area contributed by atoms with Crippen LogP contribution < -0.4 is 15.5 Å². The van der Waals surface area contributed by atoms with Crippen LogP contribution >= 0.6 is 0 Å². The SMILES string of the molecule is CC(C)[C@@H](C(=O)N[C@H]1CCCc2cccc3c2N1[C@H](C(=O)NCc1cn[nH]n1)C3)c1ccccn1. The van der Waals surface area contributed by atoms with Gasteiger partial charge in [0.1, 0.15) is 17.9 Å². The molecule has 2 aliphatic heterocycles. The summed E-state index contributed by atoms with van der Waals surface area (Å²) >= 11 is 0. The first-order valence-electron chi connectivity index (χ1n) is 12.3. The van der Waals surface area contributed by atoms with Gasteiger partial charge in [0, 0.05) is 18.3 Å². The number of hydrogen-bond donors (Lipinski definition) is 3. The molecule has 2 aromatic heterocycles. The van der Waals surface area contributed by atoms with Crippen LogP contribution in [0.2, 0.25) is 0 Å². The summed E-state index contributed by atoms with van der Waals surface area (Å²) in [6, 6.07) is 11.6. The predicted octanol–water partition coefficient (Wildman–Crippen LogP) is 2.47. The molecule has 1 aromatic carbocycles. The normalized spacial score (nSPS) is 19.7. The van der Waals surface area contributed by atoms with Gasteiger partial charge in [0.15, 0.2) is 0 Å². The lowest BCUT2D eigenvalue weighted by Crippen LogP contribution is -2.56. The number of nitrogens with one attached hydrogen (secondary N) is 3. The largest absolute Gasteiger partial charge is 0.349 e. The molecule has 2 amide bonds. The van der Waals surface area contributed by atoms with Crippen molar-refractivity contribution in [2.75, 3.05) is 4.90 Å². The van der Waals surface area contributed by atoms with E-state index in [1.54, 1.807) is 12.4 Å². The van der Waals surface area contributed by atoms with Crippen molar-refractivity contribution in [1.82, 2.24) is 31.0 Å². The third kappa shape index (κ3) is 4.62. The number of amides is 2. The van der Waals surface area contributed by atoms with Gasteiger partial charge in [0.25, 0.3) is 0 Å². The second-order valence-corrected chi connectivity index (χ2v) is 9.62. The maximum Gasteiger partial charge on any atom is 0.243 e. The number of rotatable bonds is 7. The quantitative estimate of drug-likeness (QED) is 0.486. The standard InChI is InChI=1S/C26H31N7O2/c1-16(2)23(20-10-3-4-12-27-20)26(35)30-22-11-6-8-17-7-5-9-18-13-21(33(22)24(17)18)25(34)28-14-19-15-29-32-31-19/h3-5,7,9-10,12,15-16,21-23H,6,8,11,13-14H2,1-2H3,(H,28,34)(H,30,35)(H,29,31,32)/t21-,22+,23+/m0/s1. The van der Waals surface area contributed by atoms with Crippen molar-refractivity contribution in [2.45, 2.75) is 64.2 Å². The lowest BCUT2D eigenvalue weighted by molar-refractivity contribution is -0.125. The fraction of sp³-hybridized carbons (Fsp3) is 0.423. The Kier molecular flexibility index (Phi) is 6.48. The van der Waals surface area contributed by atoms with Gasteiger partial charge in [0.05, 0.1) is 24.4 Å². The van der Waals surface area contributed by atoms with Gasteiger partial charge in [-0.15, -0.1) is 0 Å². The van der Waals surface area contributed by atoms with Crippen LogP contribution in [0, 0.1) is 5.92 Å². The monoisotopic (exact) mass is 473 g/mol. The Morgan fingerprint density at radius 2 is 2.03 bits per heavy atom. The van der Waals surface area contributed by atoms with Gasteiger partial charge in [-0.3, -0.25) is 14.6 Å². The van der Waals surface area contributed by atoms with E-state index in [0.717, 1.165) is 36.2 Å². The molecule has 0 aliphatic carbocycles. The van der Waals surface area contributed by atoms with E-state index in [-0.39, 0.29) is 29.8 Å². The van der Waals surface area contributed by atoms with Crippen LogP contribution in [0.15, 0.2) is 48.8 Å². The summed E-state index contributed by atoms with van der Waals surface area (Å²) < 4.78 is 0. The molecule has 0 unspecified atom stereocenters. The highest BCUT2D eigenvalue weighted by Crippen LogP contribution is 2.40. The summed E-state index contributed by atoms with van der Waals surface area (Å²) in [5.74, 6) is -0.422. The molecule has 3 N–H and O–H groups in total. The number of H-pyrrole nitrogens is 1. The first kappa shape index (κ1) is 23.0. The number of pyridine rings is 1. The number of carbonyl (C=O) groups excluding carboxylic acids is 2. The van der Waals surface area contributed by atoms with E-state index in [0.29, 0.717) is 18.7 Å². The fourth-order valence-corrected chi connectivity index (χ4v) is 5.36. The number of nitrogens with zero attached hydrogens (tertiary/aromatic N) is 4. The highest BCUT2D eigenvalue weighted by molar-refractivity contribution is 5.90. The summed E-state index contributed by atoms with van der Waals surface area (Å²) in [6.45, 7) is 4.37. The van der Waals surface area contributed by atoms with Crippen LogP contribution in [-0.4, -0.2) is 44.4 Å². The van der Waals surface area contributed by atoms with Crippen molar-refractivity contribution in [2.24, 2.45) is 5.92 Å². The van der Waals surface area contributed by atoms with Crippen LogP contribution in [-0.2, 0) is 29.0 Å². The molecule has 0 fully saturated rings. The van der Waals surface area contributed by atoms with Crippen molar-refractivity contribution in [3.8, 4) is 0 Å². The Morgan fingerprint density at radius 1 is 1.17 bits per heavy atom. The first-order valence-corrected chi connectivity index (χ1v) is 12.3. The van der Waals surface area contributed by atoms with Crippen LogP contribution in [0.25, 0.3) is 0 Å². The van der Waals surface area contributed by atoms with Gasteiger partial charge in [-0.05, 0) is 48.4 Å². The molecule has 0 spiro atoms. The minimum Gasteiger partial charge on any atom is -0.349 e. The van der Waals surface area contributed by atoms with Crippen LogP contribution in [0.3, 0.4) is 0 Å². The molecule has 0 radical (unpaired) electrons. The summed E-state index contributed by atoms with van der Waals surface area (Å²) in [5, 5.41) is 16.7. The lowest BCUT2D eigenvalue weighted by atomic mass is 9.91. The molecule has 182 valence electrons. The van der Waals surface area contributed by atoms with Crippen molar-refractivity contribution in [3.63, 3.8) is 0 Å². The summed E-state index contributed by atoms with van der Waals surface area (Å²) in [4.78, 5) is 33.6. The van der Waals surface area contributed by atoms with Gasteiger partial charge in [-0.25, -0.2) is 0 Å². The highest BCUT2D eigenvalue weighted by Gasteiger charge is 2.42. The number of benzene rings is 1. The van der Waals surface area contributed by atoms with Gasteiger partial charge >= 0.3 is 0 Å². The zero-order valence-electron chi connectivity index (χ0n) is 20.1. The zero-order valence-corrected chi connectivity index (χ0v) is 20.1. The summed E-state index contributed by atoms with van der Waals surface area (Å²) in [7, 11) is 0. The molecule has 35 heavy (non-hydrogen) atoms. The van der Waals surface area contributed by atoms with Crippen LogP contribution in [0.5, 0.6) is 0 Å². The molecule has 9 heteroatoms. The molecule has 3 aromatic rings.